The van der Waals surface area contributed by atoms with Gasteiger partial charge in [-0.05, 0) is 49.6 Å². The summed E-state index contributed by atoms with van der Waals surface area (Å²) in [5, 5.41) is 0. The van der Waals surface area contributed by atoms with E-state index in [-0.39, 0.29) is 5.82 Å². The molecule has 1 aromatic carbocycles. The molecular formula is C23H26FN3O. The predicted octanol–water partition coefficient (Wildman–Crippen LogP) is 4.88. The van der Waals surface area contributed by atoms with Crippen molar-refractivity contribution in [2.45, 2.75) is 46.1 Å². The Hall–Kier alpha value is -2.95. The van der Waals surface area contributed by atoms with Crippen LogP contribution in [0.15, 0.2) is 48.7 Å². The van der Waals surface area contributed by atoms with E-state index in [0.29, 0.717) is 17.7 Å². The van der Waals surface area contributed by atoms with Gasteiger partial charge in [-0.15, -0.1) is 0 Å². The van der Waals surface area contributed by atoms with Crippen LogP contribution >= 0.6 is 0 Å². The van der Waals surface area contributed by atoms with Gasteiger partial charge in [-0.3, -0.25) is 9.78 Å². The summed E-state index contributed by atoms with van der Waals surface area (Å²) in [5.41, 5.74) is 10.4. The number of benzene rings is 1. The molecular weight excluding hydrogens is 353 g/mol. The van der Waals surface area contributed by atoms with E-state index in [9.17, 15) is 9.18 Å². The number of unbranched alkanes of at least 4 members (excludes halogenated alkanes) is 2. The highest BCUT2D eigenvalue weighted by Crippen LogP contribution is 2.34. The Kier molecular flexibility index (Phi) is 6.24. The van der Waals surface area contributed by atoms with Crippen molar-refractivity contribution in [2.24, 2.45) is 5.73 Å². The van der Waals surface area contributed by atoms with Gasteiger partial charge in [-0.1, -0.05) is 38.0 Å². The minimum absolute atomic E-state index is 0.331. The van der Waals surface area contributed by atoms with Crippen LogP contribution in [0.4, 0.5) is 4.39 Å². The summed E-state index contributed by atoms with van der Waals surface area (Å²) in [6, 6.07) is 12.1. The molecule has 146 valence electrons. The summed E-state index contributed by atoms with van der Waals surface area (Å²) in [6.45, 7) is 4.60. The monoisotopic (exact) mass is 379 g/mol. The number of amides is 1. The fourth-order valence-corrected chi connectivity index (χ4v) is 3.72. The summed E-state index contributed by atoms with van der Waals surface area (Å²) >= 11 is 0. The van der Waals surface area contributed by atoms with Crippen molar-refractivity contribution in [3.05, 3.63) is 77.1 Å². The summed E-state index contributed by atoms with van der Waals surface area (Å²) in [7, 11) is 0. The van der Waals surface area contributed by atoms with Crippen molar-refractivity contribution >= 4 is 5.91 Å². The van der Waals surface area contributed by atoms with Gasteiger partial charge in [0, 0.05) is 23.1 Å². The maximum Gasteiger partial charge on any atom is 0.251 e. The van der Waals surface area contributed by atoms with Crippen LogP contribution in [0.25, 0.3) is 11.1 Å². The zero-order chi connectivity index (χ0) is 20.1. The van der Waals surface area contributed by atoms with Crippen LogP contribution in [-0.2, 0) is 13.0 Å². The van der Waals surface area contributed by atoms with Crippen molar-refractivity contribution in [3.8, 4) is 11.1 Å². The lowest BCUT2D eigenvalue weighted by atomic mass is 9.97. The molecule has 0 aliphatic carbocycles. The van der Waals surface area contributed by atoms with E-state index in [4.69, 9.17) is 5.73 Å². The first-order valence-corrected chi connectivity index (χ1v) is 9.70. The smallest absolute Gasteiger partial charge is 0.251 e. The molecule has 5 heteroatoms. The quantitative estimate of drug-likeness (QED) is 0.567. The minimum Gasteiger partial charge on any atom is -0.366 e. The number of carbonyl (C=O) groups is 1. The molecule has 0 aliphatic rings. The lowest BCUT2D eigenvalue weighted by Gasteiger charge is -2.13. The molecule has 2 N–H and O–H groups in total. The second-order valence-corrected chi connectivity index (χ2v) is 7.02. The van der Waals surface area contributed by atoms with Crippen LogP contribution in [0.2, 0.25) is 0 Å². The number of aromatic nitrogens is 2. The molecule has 0 saturated heterocycles. The third kappa shape index (κ3) is 4.14. The Morgan fingerprint density at radius 1 is 1.18 bits per heavy atom. The second kappa shape index (κ2) is 8.83. The highest BCUT2D eigenvalue weighted by molar-refractivity contribution is 6.02. The van der Waals surface area contributed by atoms with E-state index < -0.39 is 5.91 Å². The molecule has 2 heterocycles. The molecule has 4 nitrogen and oxygen atoms in total. The van der Waals surface area contributed by atoms with Crippen LogP contribution < -0.4 is 5.73 Å². The molecule has 0 atom stereocenters. The van der Waals surface area contributed by atoms with Gasteiger partial charge < -0.3 is 10.3 Å². The van der Waals surface area contributed by atoms with E-state index in [1.807, 2.05) is 31.2 Å². The van der Waals surface area contributed by atoms with Crippen LogP contribution in [-0.4, -0.2) is 15.5 Å². The predicted molar refractivity (Wildman–Crippen MR) is 110 cm³/mol. The maximum absolute atomic E-state index is 13.9. The maximum atomic E-state index is 13.9. The zero-order valence-corrected chi connectivity index (χ0v) is 16.4. The second-order valence-electron chi connectivity index (χ2n) is 7.02. The number of rotatable bonds is 8. The van der Waals surface area contributed by atoms with Crippen LogP contribution in [0.1, 0.15) is 53.6 Å². The molecule has 0 unspecified atom stereocenters. The molecule has 0 fully saturated rings. The number of halogens is 1. The normalized spacial score (nSPS) is 11.0. The highest BCUT2D eigenvalue weighted by atomic mass is 19.1. The number of carbonyl (C=O) groups excluding carboxylic acids is 1. The lowest BCUT2D eigenvalue weighted by molar-refractivity contribution is 0.1000. The van der Waals surface area contributed by atoms with Gasteiger partial charge in [0.15, 0.2) is 0 Å². The van der Waals surface area contributed by atoms with Gasteiger partial charge in [0.2, 0.25) is 0 Å². The fourth-order valence-electron chi connectivity index (χ4n) is 3.72. The Labute approximate surface area is 165 Å². The molecule has 0 saturated carbocycles. The molecule has 0 aliphatic heterocycles. The molecule has 28 heavy (non-hydrogen) atoms. The molecule has 2 aromatic heterocycles. The van der Waals surface area contributed by atoms with Gasteiger partial charge in [-0.25, -0.2) is 4.39 Å². The molecule has 3 aromatic rings. The summed E-state index contributed by atoms with van der Waals surface area (Å²) < 4.78 is 16.1. The summed E-state index contributed by atoms with van der Waals surface area (Å²) in [5.74, 6) is -0.823. The standard InChI is InChI=1S/C23H26FN3O/c1-3-4-5-12-20-22(17-9-8-10-18(24)14-17)21(23(25)28)16(2)27(20)15-19-11-6-7-13-26-19/h6-11,13-14H,3-5,12,15H2,1-2H3,(H2,25,28). The topological polar surface area (TPSA) is 60.9 Å². The summed E-state index contributed by atoms with van der Waals surface area (Å²) in [6.07, 6.45) is 5.72. The number of primary amides is 1. The Bertz CT molecular complexity index is 963. The van der Waals surface area contributed by atoms with Crippen LogP contribution in [0.5, 0.6) is 0 Å². The van der Waals surface area contributed by atoms with Crippen molar-refractivity contribution in [1.82, 2.24) is 9.55 Å². The molecule has 3 rings (SSSR count). The van der Waals surface area contributed by atoms with E-state index in [0.717, 1.165) is 48.3 Å². The number of pyridine rings is 1. The van der Waals surface area contributed by atoms with Gasteiger partial charge >= 0.3 is 0 Å². The highest BCUT2D eigenvalue weighted by Gasteiger charge is 2.25. The average Bonchev–Trinajstić information content (AvgIpc) is 2.95. The fraction of sp³-hybridized carbons (Fsp3) is 0.304. The van der Waals surface area contributed by atoms with Crippen molar-refractivity contribution in [1.29, 1.82) is 0 Å². The Morgan fingerprint density at radius 3 is 2.64 bits per heavy atom. The van der Waals surface area contributed by atoms with Crippen LogP contribution in [0, 0.1) is 12.7 Å². The van der Waals surface area contributed by atoms with E-state index in [1.165, 1.54) is 12.1 Å². The first-order chi connectivity index (χ1) is 13.5. The molecule has 0 bridgehead atoms. The number of nitrogens with two attached hydrogens (primary N) is 1. The van der Waals surface area contributed by atoms with Crippen molar-refractivity contribution < 1.29 is 9.18 Å². The SMILES string of the molecule is CCCCCc1c(-c2cccc(F)c2)c(C(N)=O)c(C)n1Cc1ccccn1. The van der Waals surface area contributed by atoms with Crippen molar-refractivity contribution in [2.75, 3.05) is 0 Å². The first-order valence-electron chi connectivity index (χ1n) is 9.70. The third-order valence-electron chi connectivity index (χ3n) is 5.05. The zero-order valence-electron chi connectivity index (χ0n) is 16.4. The van der Waals surface area contributed by atoms with Crippen molar-refractivity contribution in [3.63, 3.8) is 0 Å². The largest absolute Gasteiger partial charge is 0.366 e. The molecule has 0 spiro atoms. The summed E-state index contributed by atoms with van der Waals surface area (Å²) in [4.78, 5) is 16.8. The lowest BCUT2D eigenvalue weighted by Crippen LogP contribution is -2.14. The molecule has 1 amide bonds. The van der Waals surface area contributed by atoms with Gasteiger partial charge in [-0.2, -0.15) is 0 Å². The van der Waals surface area contributed by atoms with E-state index in [2.05, 4.69) is 16.5 Å². The Balaban J connectivity index is 2.20. The first kappa shape index (κ1) is 19.8. The van der Waals surface area contributed by atoms with E-state index in [1.54, 1.807) is 12.3 Å². The third-order valence-corrected chi connectivity index (χ3v) is 5.05. The van der Waals surface area contributed by atoms with Gasteiger partial charge in [0.05, 0.1) is 17.8 Å². The minimum atomic E-state index is -0.492. The number of hydrogen-bond donors (Lipinski definition) is 1. The average molecular weight is 379 g/mol. The Morgan fingerprint density at radius 2 is 2.00 bits per heavy atom. The number of nitrogens with zero attached hydrogens (tertiary/aromatic N) is 2. The van der Waals surface area contributed by atoms with Gasteiger partial charge in [0.1, 0.15) is 5.82 Å². The number of hydrogen-bond acceptors (Lipinski definition) is 2. The van der Waals surface area contributed by atoms with Gasteiger partial charge in [0.25, 0.3) is 5.91 Å². The molecule has 0 radical (unpaired) electrons. The van der Waals surface area contributed by atoms with Crippen LogP contribution in [0.3, 0.4) is 0 Å². The van der Waals surface area contributed by atoms with E-state index >= 15 is 0 Å².